The van der Waals surface area contributed by atoms with Gasteiger partial charge in [-0.15, -0.1) is 0 Å². The van der Waals surface area contributed by atoms with Gasteiger partial charge in [-0.3, -0.25) is 14.2 Å². The average molecular weight is 695 g/mol. The number of amides is 3. The van der Waals surface area contributed by atoms with Crippen LogP contribution in [0, 0.1) is 0 Å². The van der Waals surface area contributed by atoms with E-state index in [2.05, 4.69) is 10.3 Å². The lowest BCUT2D eigenvalue weighted by Crippen LogP contribution is -2.56. The van der Waals surface area contributed by atoms with E-state index in [4.69, 9.17) is 18.8 Å². The summed E-state index contributed by atoms with van der Waals surface area (Å²) in [6.45, 7) is 5.90. The van der Waals surface area contributed by atoms with Crippen molar-refractivity contribution in [3.8, 4) is 11.4 Å². The van der Waals surface area contributed by atoms with Gasteiger partial charge in [0.05, 0.1) is 24.6 Å². The van der Waals surface area contributed by atoms with Crippen molar-refractivity contribution in [2.24, 2.45) is 0 Å². The number of nitrogens with zero attached hydrogens (tertiary/aromatic N) is 5. The minimum absolute atomic E-state index is 0.0402. The minimum atomic E-state index is -3.52. The van der Waals surface area contributed by atoms with Gasteiger partial charge in [0.2, 0.25) is 5.91 Å². The Hall–Kier alpha value is -4.36. The van der Waals surface area contributed by atoms with Crippen LogP contribution >= 0.6 is 7.60 Å². The summed E-state index contributed by atoms with van der Waals surface area (Å²) in [5, 5.41) is 12.7. The molecule has 262 valence electrons. The molecule has 0 spiro atoms. The van der Waals surface area contributed by atoms with Gasteiger partial charge in [-0.1, -0.05) is 42.5 Å². The maximum Gasteiger partial charge on any atom is 0.407 e. The van der Waals surface area contributed by atoms with Gasteiger partial charge in [0.25, 0.3) is 5.91 Å². The lowest BCUT2D eigenvalue weighted by Gasteiger charge is -2.35. The third kappa shape index (κ3) is 8.82. The molecule has 2 atom stereocenters. The van der Waals surface area contributed by atoms with Crippen LogP contribution in [0.3, 0.4) is 0 Å². The van der Waals surface area contributed by atoms with E-state index >= 15 is 0 Å². The fourth-order valence-corrected chi connectivity index (χ4v) is 7.47. The molecule has 2 N–H and O–H groups in total. The number of piperazine rings is 1. The van der Waals surface area contributed by atoms with Crippen LogP contribution in [0.5, 0.6) is 0 Å². The molecule has 2 aromatic carbocycles. The Bertz CT molecular complexity index is 1640. The second-order valence-corrected chi connectivity index (χ2v) is 13.7. The summed E-state index contributed by atoms with van der Waals surface area (Å²) in [6, 6.07) is 16.7. The van der Waals surface area contributed by atoms with Gasteiger partial charge in [-0.05, 0) is 38.0 Å². The SMILES string of the molecule is CCOP(=O)(OCC)c1ccc(C[C@H](NC(=O)c2cc(N3CC[C@H](OC)C3)nc(-c3ccccc3)n2)C(=O)N2CCN(C(=O)O)CC2)cc1. The first kappa shape index (κ1) is 35.9. The van der Waals surface area contributed by atoms with Gasteiger partial charge in [-0.2, -0.15) is 0 Å². The molecule has 3 aromatic rings. The topological polar surface area (TPSA) is 164 Å². The monoisotopic (exact) mass is 694 g/mol. The standard InChI is InChI=1S/C34H43N6O8P/c1-4-47-49(45,48-5-2)27-13-11-24(12-14-27)21-29(33(42)38-17-19-39(20-18-38)34(43)44)36-32(41)28-22-30(40-16-15-26(23-40)46-3)37-31(35-28)25-9-7-6-8-10-25/h6-14,22,26,29H,4-5,15-21,23H2,1-3H3,(H,36,41)(H,43,44)/t26-,29-/m0/s1. The van der Waals surface area contributed by atoms with Crippen LogP contribution in [-0.2, 0) is 29.6 Å². The highest BCUT2D eigenvalue weighted by atomic mass is 31.2. The Labute approximate surface area is 285 Å². The van der Waals surface area contributed by atoms with Crippen LogP contribution in [0.15, 0.2) is 60.7 Å². The number of aromatic nitrogens is 2. The van der Waals surface area contributed by atoms with E-state index in [1.165, 1.54) is 4.90 Å². The van der Waals surface area contributed by atoms with Crippen LogP contribution < -0.4 is 15.5 Å². The van der Waals surface area contributed by atoms with Crippen molar-refractivity contribution in [3.63, 3.8) is 0 Å². The molecule has 0 unspecified atom stereocenters. The van der Waals surface area contributed by atoms with E-state index in [9.17, 15) is 24.1 Å². The number of anilines is 1. The number of carbonyl (C=O) groups excluding carboxylic acids is 2. The summed E-state index contributed by atoms with van der Waals surface area (Å²) in [6.07, 6.45) is -0.0732. The van der Waals surface area contributed by atoms with Gasteiger partial charge in [0.1, 0.15) is 17.6 Å². The zero-order valence-electron chi connectivity index (χ0n) is 28.0. The van der Waals surface area contributed by atoms with Crippen molar-refractivity contribution in [3.05, 3.63) is 71.9 Å². The van der Waals surface area contributed by atoms with Gasteiger partial charge >= 0.3 is 13.7 Å². The van der Waals surface area contributed by atoms with E-state index < -0.39 is 25.6 Å². The van der Waals surface area contributed by atoms with Crippen molar-refractivity contribution in [2.75, 3.05) is 64.5 Å². The molecule has 2 saturated heterocycles. The van der Waals surface area contributed by atoms with Crippen LogP contribution in [-0.4, -0.2) is 115 Å². The Kier molecular flexibility index (Phi) is 12.0. The minimum Gasteiger partial charge on any atom is -0.465 e. The normalized spacial score (nSPS) is 17.2. The molecule has 0 aliphatic carbocycles. The molecular weight excluding hydrogens is 651 g/mol. The number of carboxylic acid groups (broad SMARTS) is 1. The first-order valence-corrected chi connectivity index (χ1v) is 18.0. The lowest BCUT2D eigenvalue weighted by molar-refractivity contribution is -0.134. The summed E-state index contributed by atoms with van der Waals surface area (Å²) in [5.74, 6) is 0.0479. The molecule has 2 aliphatic heterocycles. The molecule has 49 heavy (non-hydrogen) atoms. The summed E-state index contributed by atoms with van der Waals surface area (Å²) < 4.78 is 29.8. The predicted molar refractivity (Wildman–Crippen MR) is 183 cm³/mol. The molecule has 0 saturated carbocycles. The van der Waals surface area contributed by atoms with E-state index in [-0.39, 0.29) is 63.5 Å². The van der Waals surface area contributed by atoms with Gasteiger partial charge in [0.15, 0.2) is 5.82 Å². The summed E-state index contributed by atoms with van der Waals surface area (Å²) in [7, 11) is -1.85. The number of carbonyl (C=O) groups is 3. The van der Waals surface area contributed by atoms with Gasteiger partial charge in [-0.25, -0.2) is 14.8 Å². The number of nitrogens with one attached hydrogen (secondary N) is 1. The quantitative estimate of drug-likeness (QED) is 0.252. The highest BCUT2D eigenvalue weighted by Crippen LogP contribution is 2.46. The smallest absolute Gasteiger partial charge is 0.407 e. The van der Waals surface area contributed by atoms with Crippen molar-refractivity contribution >= 4 is 36.6 Å². The third-order valence-corrected chi connectivity index (χ3v) is 10.7. The van der Waals surface area contributed by atoms with Crippen LogP contribution in [0.2, 0.25) is 0 Å². The lowest BCUT2D eigenvalue weighted by atomic mass is 10.0. The van der Waals surface area contributed by atoms with Crippen molar-refractivity contribution in [1.82, 2.24) is 25.1 Å². The molecular formula is C34H43N6O8P. The fraction of sp³-hybridized carbons (Fsp3) is 0.441. The maximum absolute atomic E-state index is 14.0. The molecule has 14 nitrogen and oxygen atoms in total. The third-order valence-electron chi connectivity index (χ3n) is 8.54. The van der Waals surface area contributed by atoms with Crippen LogP contribution in [0.4, 0.5) is 10.6 Å². The highest BCUT2D eigenvalue weighted by Gasteiger charge is 2.32. The molecule has 3 heterocycles. The average Bonchev–Trinajstić information content (AvgIpc) is 3.61. The largest absolute Gasteiger partial charge is 0.465 e. The molecule has 2 aliphatic rings. The Balaban J connectivity index is 1.43. The van der Waals surface area contributed by atoms with Crippen LogP contribution in [0.25, 0.3) is 11.4 Å². The van der Waals surface area contributed by atoms with Gasteiger partial charge < -0.3 is 38.9 Å². The van der Waals surface area contributed by atoms with Crippen molar-refractivity contribution in [2.45, 2.75) is 38.8 Å². The van der Waals surface area contributed by atoms with E-state index in [0.29, 0.717) is 35.6 Å². The maximum atomic E-state index is 14.0. The summed E-state index contributed by atoms with van der Waals surface area (Å²) >= 11 is 0. The highest BCUT2D eigenvalue weighted by molar-refractivity contribution is 7.62. The fourth-order valence-electron chi connectivity index (χ4n) is 5.91. The van der Waals surface area contributed by atoms with E-state index in [0.717, 1.165) is 12.0 Å². The number of methoxy groups -OCH3 is 1. The van der Waals surface area contributed by atoms with E-state index in [1.807, 2.05) is 35.2 Å². The zero-order chi connectivity index (χ0) is 35.0. The van der Waals surface area contributed by atoms with E-state index in [1.54, 1.807) is 56.2 Å². The molecule has 5 rings (SSSR count). The summed E-state index contributed by atoms with van der Waals surface area (Å²) in [5.41, 5.74) is 1.53. The first-order valence-electron chi connectivity index (χ1n) is 16.4. The Morgan fingerprint density at radius 2 is 1.59 bits per heavy atom. The van der Waals surface area contributed by atoms with Gasteiger partial charge in [0, 0.05) is 64.4 Å². The van der Waals surface area contributed by atoms with Crippen molar-refractivity contribution in [1.29, 1.82) is 0 Å². The Morgan fingerprint density at radius 1 is 0.939 bits per heavy atom. The molecule has 3 amide bonds. The molecule has 1 aromatic heterocycles. The molecule has 0 bridgehead atoms. The molecule has 0 radical (unpaired) electrons. The number of ether oxygens (including phenoxy) is 1. The second kappa shape index (κ2) is 16.4. The predicted octanol–water partition coefficient (Wildman–Crippen LogP) is 3.42. The number of benzene rings is 2. The van der Waals surface area contributed by atoms with Crippen molar-refractivity contribution < 1.29 is 37.8 Å². The molecule has 2 fully saturated rings. The zero-order valence-corrected chi connectivity index (χ0v) is 28.9. The summed E-state index contributed by atoms with van der Waals surface area (Å²) in [4.78, 5) is 53.7. The number of rotatable bonds is 13. The van der Waals surface area contributed by atoms with Crippen LogP contribution in [0.1, 0.15) is 36.3 Å². The first-order chi connectivity index (χ1) is 23.6. The molecule has 15 heteroatoms. The Morgan fingerprint density at radius 3 is 2.18 bits per heavy atom. The second-order valence-electron chi connectivity index (χ2n) is 11.7. The number of hydrogen-bond donors (Lipinski definition) is 2. The number of hydrogen-bond acceptors (Lipinski definition) is 10.